The van der Waals surface area contributed by atoms with E-state index in [0.29, 0.717) is 0 Å². The summed E-state index contributed by atoms with van der Waals surface area (Å²) in [7, 11) is 2.18. The molecule has 2 aliphatic rings. The molecule has 106 valence electrons. The van der Waals surface area contributed by atoms with Crippen molar-refractivity contribution in [3.8, 4) is 0 Å². The maximum Gasteiger partial charge on any atom is 0.0320 e. The van der Waals surface area contributed by atoms with Crippen molar-refractivity contribution >= 4 is 23.5 Å². The average Bonchev–Trinajstić information content (AvgIpc) is 2.46. The quantitative estimate of drug-likeness (QED) is 0.815. The monoisotopic (exact) mass is 287 g/mol. The summed E-state index contributed by atoms with van der Waals surface area (Å²) in [5.41, 5.74) is 0. The molecular weight excluding hydrogens is 258 g/mol. The lowest BCUT2D eigenvalue weighted by molar-refractivity contribution is 0.299. The first kappa shape index (κ1) is 15.1. The van der Waals surface area contributed by atoms with Crippen LogP contribution in [0.1, 0.15) is 51.9 Å². The predicted molar refractivity (Wildman–Crippen MR) is 86.8 cm³/mol. The normalized spacial score (nSPS) is 32.3. The van der Waals surface area contributed by atoms with Crippen molar-refractivity contribution in [2.45, 2.75) is 68.4 Å². The minimum Gasteiger partial charge on any atom is -0.316 e. The van der Waals surface area contributed by atoms with Crippen molar-refractivity contribution < 1.29 is 0 Å². The van der Waals surface area contributed by atoms with Gasteiger partial charge in [0.2, 0.25) is 0 Å². The van der Waals surface area contributed by atoms with E-state index in [0.717, 1.165) is 22.5 Å². The molecule has 3 unspecified atom stereocenters. The van der Waals surface area contributed by atoms with Gasteiger partial charge in [-0.15, -0.1) is 0 Å². The minimum atomic E-state index is 0.746. The molecule has 0 radical (unpaired) electrons. The Bertz CT molecular complexity index is 229. The summed E-state index contributed by atoms with van der Waals surface area (Å²) >= 11 is 4.45. The zero-order chi connectivity index (χ0) is 12.8. The van der Waals surface area contributed by atoms with E-state index in [1.807, 2.05) is 0 Å². The van der Waals surface area contributed by atoms with E-state index in [-0.39, 0.29) is 0 Å². The highest BCUT2D eigenvalue weighted by Gasteiger charge is 2.32. The Kier molecular flexibility index (Phi) is 6.74. The lowest BCUT2D eigenvalue weighted by Crippen LogP contribution is -2.44. The molecule has 1 aliphatic heterocycles. The number of nitrogens with one attached hydrogen (secondary N) is 1. The Labute approximate surface area is 122 Å². The molecule has 2 rings (SSSR count). The molecule has 18 heavy (non-hydrogen) atoms. The van der Waals surface area contributed by atoms with Crippen LogP contribution in [-0.4, -0.2) is 35.1 Å². The van der Waals surface area contributed by atoms with E-state index in [4.69, 9.17) is 0 Å². The Hall–Kier alpha value is 0.660. The largest absolute Gasteiger partial charge is 0.316 e. The minimum absolute atomic E-state index is 0.746. The average molecular weight is 288 g/mol. The Morgan fingerprint density at radius 3 is 2.50 bits per heavy atom. The molecule has 0 bridgehead atoms. The summed E-state index contributed by atoms with van der Waals surface area (Å²) in [6, 6.07) is 0.746. The highest BCUT2D eigenvalue weighted by Crippen LogP contribution is 2.38. The number of thioether (sulfide) groups is 2. The first-order valence-electron chi connectivity index (χ1n) is 7.75. The van der Waals surface area contributed by atoms with Crippen molar-refractivity contribution in [3.63, 3.8) is 0 Å². The van der Waals surface area contributed by atoms with Crippen LogP contribution in [0.15, 0.2) is 0 Å². The molecule has 1 N–H and O–H groups in total. The van der Waals surface area contributed by atoms with Crippen LogP contribution in [0.25, 0.3) is 0 Å². The van der Waals surface area contributed by atoms with Crippen LogP contribution < -0.4 is 5.32 Å². The second-order valence-electron chi connectivity index (χ2n) is 5.79. The zero-order valence-corrected chi connectivity index (χ0v) is 13.6. The summed E-state index contributed by atoms with van der Waals surface area (Å²) in [6.07, 6.45) is 10.2. The molecular formula is C15H29NS2. The molecule has 0 amide bonds. The summed E-state index contributed by atoms with van der Waals surface area (Å²) in [4.78, 5) is 0. The van der Waals surface area contributed by atoms with Gasteiger partial charge in [-0.05, 0) is 25.8 Å². The lowest BCUT2D eigenvalue weighted by atomic mass is 9.83. The van der Waals surface area contributed by atoms with E-state index in [9.17, 15) is 0 Å². The first-order valence-corrected chi connectivity index (χ1v) is 9.85. The molecule has 1 saturated carbocycles. The van der Waals surface area contributed by atoms with Crippen LogP contribution in [-0.2, 0) is 0 Å². The van der Waals surface area contributed by atoms with Gasteiger partial charge in [0, 0.05) is 28.0 Å². The van der Waals surface area contributed by atoms with Crippen LogP contribution in [0.4, 0.5) is 0 Å². The molecule has 0 aromatic rings. The summed E-state index contributed by atoms with van der Waals surface area (Å²) in [5, 5.41) is 5.38. The second-order valence-corrected chi connectivity index (χ2v) is 8.42. The third kappa shape index (κ3) is 4.08. The molecule has 0 spiro atoms. The van der Waals surface area contributed by atoms with Gasteiger partial charge in [0.25, 0.3) is 0 Å². The van der Waals surface area contributed by atoms with Gasteiger partial charge in [-0.25, -0.2) is 0 Å². The molecule has 1 saturated heterocycles. The summed E-state index contributed by atoms with van der Waals surface area (Å²) in [6.45, 7) is 2.36. The van der Waals surface area contributed by atoms with E-state index >= 15 is 0 Å². The van der Waals surface area contributed by atoms with E-state index in [1.54, 1.807) is 0 Å². The molecule has 1 nitrogen and oxygen atoms in total. The topological polar surface area (TPSA) is 12.0 Å². The van der Waals surface area contributed by atoms with Crippen molar-refractivity contribution in [2.75, 3.05) is 18.6 Å². The predicted octanol–water partition coefficient (Wildman–Crippen LogP) is 4.17. The van der Waals surface area contributed by atoms with E-state index in [2.05, 4.69) is 42.8 Å². The maximum atomic E-state index is 3.65. The SMILES string of the molecule is CCC1SCCSC1C(CC1CCCCC1)NC. The van der Waals surface area contributed by atoms with E-state index < -0.39 is 0 Å². The van der Waals surface area contributed by atoms with Gasteiger partial charge in [-0.3, -0.25) is 0 Å². The van der Waals surface area contributed by atoms with Crippen LogP contribution in [0.3, 0.4) is 0 Å². The Balaban J connectivity index is 1.89. The van der Waals surface area contributed by atoms with Crippen LogP contribution in [0, 0.1) is 5.92 Å². The highest BCUT2D eigenvalue weighted by molar-refractivity contribution is 8.07. The van der Waals surface area contributed by atoms with Crippen molar-refractivity contribution in [3.05, 3.63) is 0 Å². The van der Waals surface area contributed by atoms with Crippen molar-refractivity contribution in [2.24, 2.45) is 5.92 Å². The van der Waals surface area contributed by atoms with Gasteiger partial charge in [0.15, 0.2) is 0 Å². The van der Waals surface area contributed by atoms with Crippen molar-refractivity contribution in [1.29, 1.82) is 0 Å². The van der Waals surface area contributed by atoms with Gasteiger partial charge < -0.3 is 5.32 Å². The fraction of sp³-hybridized carbons (Fsp3) is 1.00. The molecule has 1 heterocycles. The highest BCUT2D eigenvalue weighted by atomic mass is 32.2. The van der Waals surface area contributed by atoms with Gasteiger partial charge >= 0.3 is 0 Å². The lowest BCUT2D eigenvalue weighted by Gasteiger charge is -2.38. The van der Waals surface area contributed by atoms with Crippen LogP contribution in [0.2, 0.25) is 0 Å². The Morgan fingerprint density at radius 1 is 1.11 bits per heavy atom. The second kappa shape index (κ2) is 8.06. The van der Waals surface area contributed by atoms with Crippen LogP contribution in [0.5, 0.6) is 0 Å². The molecule has 1 aliphatic carbocycles. The van der Waals surface area contributed by atoms with Gasteiger partial charge in [-0.2, -0.15) is 23.5 Å². The first-order chi connectivity index (χ1) is 8.85. The third-order valence-electron chi connectivity index (χ3n) is 4.57. The fourth-order valence-corrected chi connectivity index (χ4v) is 6.83. The van der Waals surface area contributed by atoms with E-state index in [1.165, 1.54) is 56.5 Å². The van der Waals surface area contributed by atoms with Crippen LogP contribution >= 0.6 is 23.5 Å². The van der Waals surface area contributed by atoms with Crippen molar-refractivity contribution in [1.82, 2.24) is 5.32 Å². The Morgan fingerprint density at radius 2 is 1.83 bits per heavy atom. The maximum absolute atomic E-state index is 3.65. The molecule has 0 aromatic carbocycles. The van der Waals surface area contributed by atoms with Gasteiger partial charge in [-0.1, -0.05) is 39.0 Å². The molecule has 3 heteroatoms. The standard InChI is InChI=1S/C15H29NS2/c1-3-14-15(18-10-9-17-14)13(16-2)11-12-7-5-4-6-8-12/h12-16H,3-11H2,1-2H3. The van der Waals surface area contributed by atoms with Gasteiger partial charge in [0.1, 0.15) is 0 Å². The van der Waals surface area contributed by atoms with Gasteiger partial charge in [0.05, 0.1) is 0 Å². The zero-order valence-electron chi connectivity index (χ0n) is 12.0. The fourth-order valence-electron chi connectivity index (χ4n) is 3.51. The molecule has 3 atom stereocenters. The summed E-state index contributed by atoms with van der Waals surface area (Å²) < 4.78 is 0. The molecule has 2 fully saturated rings. The number of hydrogen-bond donors (Lipinski definition) is 1. The smallest absolute Gasteiger partial charge is 0.0320 e. The third-order valence-corrected chi connectivity index (χ3v) is 7.98. The number of hydrogen-bond acceptors (Lipinski definition) is 3. The molecule has 0 aromatic heterocycles. The summed E-state index contributed by atoms with van der Waals surface area (Å²) in [5.74, 6) is 3.72. The number of rotatable bonds is 5.